The van der Waals surface area contributed by atoms with Gasteiger partial charge in [-0.15, -0.1) is 0 Å². The van der Waals surface area contributed by atoms with E-state index in [4.69, 9.17) is 0 Å². The lowest BCUT2D eigenvalue weighted by molar-refractivity contribution is -0.119. The molecule has 0 unspecified atom stereocenters. The normalized spacial score (nSPS) is 19.1. The number of anilines is 2. The maximum atomic E-state index is 14.0. The van der Waals surface area contributed by atoms with E-state index in [0.29, 0.717) is 12.8 Å². The summed E-state index contributed by atoms with van der Waals surface area (Å²) in [6.45, 7) is 6.29. The van der Waals surface area contributed by atoms with Gasteiger partial charge in [0.05, 0.1) is 17.4 Å². The van der Waals surface area contributed by atoms with Gasteiger partial charge in [0.15, 0.2) is 5.78 Å². The molecule has 2 aliphatic rings. The molecule has 1 N–H and O–H groups in total. The second-order valence-electron chi connectivity index (χ2n) is 10.5. The maximum absolute atomic E-state index is 14.0. The number of hydrogen-bond acceptors (Lipinski definition) is 3. The van der Waals surface area contributed by atoms with Crippen molar-refractivity contribution in [1.82, 2.24) is 0 Å². The third-order valence-electron chi connectivity index (χ3n) is 7.69. The smallest absolute Gasteiger partial charge is 0.227 e. The van der Waals surface area contributed by atoms with E-state index in [9.17, 15) is 9.59 Å². The number of allylic oxidation sites excluding steroid dienone is 1. The van der Waals surface area contributed by atoms with Gasteiger partial charge in [0.1, 0.15) is 0 Å². The highest BCUT2D eigenvalue weighted by Crippen LogP contribution is 2.47. The number of Topliss-reactive ketones (excluding diaryl/α,β-unsaturated/α-hetero) is 1. The molecule has 0 radical (unpaired) electrons. The third kappa shape index (κ3) is 5.11. The monoisotopic (exact) mass is 492 g/mol. The number of carbonyl (C=O) groups is 2. The summed E-state index contributed by atoms with van der Waals surface area (Å²) in [5, 5.41) is 3.63. The van der Waals surface area contributed by atoms with E-state index in [1.54, 1.807) is 0 Å². The van der Waals surface area contributed by atoms with Crippen LogP contribution in [-0.4, -0.2) is 11.7 Å². The number of carbonyl (C=O) groups excluding carboxylic acids is 2. The van der Waals surface area contributed by atoms with Crippen molar-refractivity contribution >= 4 is 23.1 Å². The van der Waals surface area contributed by atoms with E-state index in [-0.39, 0.29) is 17.6 Å². The molecule has 0 fully saturated rings. The Morgan fingerprint density at radius 1 is 0.865 bits per heavy atom. The predicted octanol–water partition coefficient (Wildman–Crippen LogP) is 7.78. The number of nitrogens with zero attached hydrogens (tertiary/aromatic N) is 1. The number of hydrogen-bond donors (Lipinski definition) is 1. The molecule has 190 valence electrons. The topological polar surface area (TPSA) is 49.4 Å². The fraction of sp³-hybridized carbons (Fsp3) is 0.333. The van der Waals surface area contributed by atoms with Crippen LogP contribution < -0.4 is 10.2 Å². The zero-order valence-electron chi connectivity index (χ0n) is 22.1. The molecule has 1 amide bonds. The Hall–Kier alpha value is -3.66. The number of benzene rings is 3. The minimum atomic E-state index is -0.452. The van der Waals surface area contributed by atoms with E-state index in [0.717, 1.165) is 59.5 Å². The zero-order valence-corrected chi connectivity index (χ0v) is 22.1. The molecule has 3 aromatic carbocycles. The summed E-state index contributed by atoms with van der Waals surface area (Å²) in [4.78, 5) is 29.8. The van der Waals surface area contributed by atoms with Crippen LogP contribution in [0, 0.1) is 13.8 Å². The van der Waals surface area contributed by atoms with Crippen molar-refractivity contribution in [2.24, 2.45) is 0 Å². The first-order valence-corrected chi connectivity index (χ1v) is 13.5. The second-order valence-corrected chi connectivity index (χ2v) is 10.5. The summed E-state index contributed by atoms with van der Waals surface area (Å²) in [5.74, 6) is 0.288. The fourth-order valence-electron chi connectivity index (χ4n) is 5.65. The van der Waals surface area contributed by atoms with E-state index >= 15 is 0 Å². The number of amides is 1. The van der Waals surface area contributed by atoms with Gasteiger partial charge in [0.25, 0.3) is 0 Å². The Morgan fingerprint density at radius 2 is 1.51 bits per heavy atom. The minimum absolute atomic E-state index is 0.0653. The number of rotatable bonds is 6. The van der Waals surface area contributed by atoms with Crippen molar-refractivity contribution in [1.29, 1.82) is 0 Å². The van der Waals surface area contributed by atoms with Crippen molar-refractivity contribution in [2.45, 2.75) is 71.3 Å². The van der Waals surface area contributed by atoms with Crippen LogP contribution in [0.25, 0.3) is 0 Å². The lowest BCUT2D eigenvalue weighted by Gasteiger charge is -2.35. The SMILES string of the molecule is CCCCCC(=O)N1c2ccccc2NC2=C(C(=O)C[C@H](c3ccc(C)cc3)C2)[C@H]1c1ccc(C)cc1. The number of para-hydroxylation sites is 2. The van der Waals surface area contributed by atoms with Crippen molar-refractivity contribution < 1.29 is 9.59 Å². The van der Waals surface area contributed by atoms with Gasteiger partial charge in [-0.05, 0) is 55.9 Å². The van der Waals surface area contributed by atoms with E-state index < -0.39 is 6.04 Å². The zero-order chi connectivity index (χ0) is 25.9. The highest BCUT2D eigenvalue weighted by molar-refractivity contribution is 6.06. The van der Waals surface area contributed by atoms with Crippen LogP contribution in [-0.2, 0) is 9.59 Å². The molecule has 4 heteroatoms. The average molecular weight is 493 g/mol. The Labute approximate surface area is 220 Å². The highest BCUT2D eigenvalue weighted by Gasteiger charge is 2.41. The van der Waals surface area contributed by atoms with Crippen molar-refractivity contribution in [2.75, 3.05) is 10.2 Å². The number of unbranched alkanes of at least 4 members (excludes halogenated alkanes) is 2. The molecule has 37 heavy (non-hydrogen) atoms. The van der Waals surface area contributed by atoms with Crippen LogP contribution in [0.3, 0.4) is 0 Å². The van der Waals surface area contributed by atoms with Gasteiger partial charge >= 0.3 is 0 Å². The summed E-state index contributed by atoms with van der Waals surface area (Å²) in [6, 6.07) is 24.3. The summed E-state index contributed by atoms with van der Waals surface area (Å²) in [7, 11) is 0. The van der Waals surface area contributed by atoms with Crippen LogP contribution in [0.2, 0.25) is 0 Å². The summed E-state index contributed by atoms with van der Waals surface area (Å²) in [5.41, 5.74) is 7.90. The fourth-order valence-corrected chi connectivity index (χ4v) is 5.65. The van der Waals surface area contributed by atoms with Gasteiger partial charge in [0, 0.05) is 24.1 Å². The van der Waals surface area contributed by atoms with E-state index in [1.807, 2.05) is 29.2 Å². The lowest BCUT2D eigenvalue weighted by Crippen LogP contribution is -2.38. The van der Waals surface area contributed by atoms with E-state index in [1.165, 1.54) is 11.1 Å². The Morgan fingerprint density at radius 3 is 2.19 bits per heavy atom. The maximum Gasteiger partial charge on any atom is 0.227 e. The molecule has 4 nitrogen and oxygen atoms in total. The highest BCUT2D eigenvalue weighted by atomic mass is 16.2. The summed E-state index contributed by atoms with van der Waals surface area (Å²) >= 11 is 0. The predicted molar refractivity (Wildman–Crippen MR) is 151 cm³/mol. The lowest BCUT2D eigenvalue weighted by atomic mass is 9.78. The molecular formula is C33H36N2O2. The van der Waals surface area contributed by atoms with Crippen molar-refractivity contribution in [3.8, 4) is 0 Å². The molecule has 3 aromatic rings. The molecule has 1 aliphatic carbocycles. The van der Waals surface area contributed by atoms with Gasteiger partial charge < -0.3 is 5.32 Å². The molecule has 5 rings (SSSR count). The van der Waals surface area contributed by atoms with Gasteiger partial charge in [-0.2, -0.15) is 0 Å². The quantitative estimate of drug-likeness (QED) is 0.357. The van der Waals surface area contributed by atoms with Crippen LogP contribution >= 0.6 is 0 Å². The Balaban J connectivity index is 1.65. The minimum Gasteiger partial charge on any atom is -0.357 e. The largest absolute Gasteiger partial charge is 0.357 e. The Bertz CT molecular complexity index is 1320. The van der Waals surface area contributed by atoms with Gasteiger partial charge in [0.2, 0.25) is 5.91 Å². The van der Waals surface area contributed by atoms with Crippen LogP contribution in [0.15, 0.2) is 84.1 Å². The number of ketones is 1. The molecule has 0 spiro atoms. The molecule has 2 atom stereocenters. The first-order valence-electron chi connectivity index (χ1n) is 13.5. The van der Waals surface area contributed by atoms with Crippen molar-refractivity contribution in [3.63, 3.8) is 0 Å². The first-order chi connectivity index (χ1) is 18.0. The van der Waals surface area contributed by atoms with Crippen LogP contribution in [0.4, 0.5) is 11.4 Å². The molecular weight excluding hydrogens is 456 g/mol. The third-order valence-corrected chi connectivity index (χ3v) is 7.69. The van der Waals surface area contributed by atoms with E-state index in [2.05, 4.69) is 74.6 Å². The summed E-state index contributed by atoms with van der Waals surface area (Å²) < 4.78 is 0. The molecule has 0 aromatic heterocycles. The number of nitrogens with one attached hydrogen (secondary N) is 1. The summed E-state index contributed by atoms with van der Waals surface area (Å²) in [6.07, 6.45) is 4.56. The van der Waals surface area contributed by atoms with Crippen LogP contribution in [0.1, 0.15) is 79.7 Å². The van der Waals surface area contributed by atoms with Gasteiger partial charge in [-0.1, -0.05) is 91.6 Å². The van der Waals surface area contributed by atoms with Crippen LogP contribution in [0.5, 0.6) is 0 Å². The van der Waals surface area contributed by atoms with Gasteiger partial charge in [-0.25, -0.2) is 0 Å². The molecule has 0 bridgehead atoms. The second kappa shape index (κ2) is 10.8. The molecule has 0 saturated heterocycles. The average Bonchev–Trinajstić information content (AvgIpc) is 3.04. The number of aryl methyl sites for hydroxylation is 2. The van der Waals surface area contributed by atoms with Gasteiger partial charge in [-0.3, -0.25) is 14.5 Å². The Kier molecular flexibility index (Phi) is 7.27. The molecule has 0 saturated carbocycles. The molecule has 1 aliphatic heterocycles. The number of fused-ring (bicyclic) bond motifs is 1. The first kappa shape index (κ1) is 25.0. The molecule has 1 heterocycles. The standard InChI is InChI=1S/C33H36N2O2/c1-4-5-6-11-31(37)35-29-10-8-7-9-27(29)34-28-20-26(24-16-12-22(2)13-17-24)21-30(36)32(28)33(35)25-18-14-23(3)15-19-25/h7-10,12-19,26,33-34H,4-6,11,20-21H2,1-3H3/t26-,33-/m1/s1. The van der Waals surface area contributed by atoms with Crippen molar-refractivity contribution in [3.05, 3.63) is 106 Å².